The van der Waals surface area contributed by atoms with Crippen molar-refractivity contribution in [2.75, 3.05) is 5.32 Å². The first kappa shape index (κ1) is 15.4. The Balaban J connectivity index is 1.74. The fourth-order valence-electron chi connectivity index (χ4n) is 2.37. The predicted molar refractivity (Wildman–Crippen MR) is 93.1 cm³/mol. The van der Waals surface area contributed by atoms with Gasteiger partial charge in [0.25, 0.3) is 0 Å². The highest BCUT2D eigenvalue weighted by molar-refractivity contribution is 7.21. The maximum Gasteiger partial charge on any atom is 0.249 e. The van der Waals surface area contributed by atoms with Crippen LogP contribution in [0.2, 0.25) is 0 Å². The molecule has 0 aliphatic heterocycles. The first-order valence-corrected chi connectivity index (χ1v) is 8.09. The Hall–Kier alpha value is -3.13. The van der Waals surface area contributed by atoms with Gasteiger partial charge in [-0.2, -0.15) is 0 Å². The van der Waals surface area contributed by atoms with Crippen molar-refractivity contribution in [3.05, 3.63) is 70.6 Å². The minimum absolute atomic E-state index is 0.148. The van der Waals surface area contributed by atoms with Gasteiger partial charge in [-0.05, 0) is 18.2 Å². The molecule has 0 saturated carbocycles. The van der Waals surface area contributed by atoms with E-state index in [1.807, 2.05) is 0 Å². The van der Waals surface area contributed by atoms with Crippen LogP contribution in [0.15, 0.2) is 53.5 Å². The van der Waals surface area contributed by atoms with Crippen LogP contribution in [-0.2, 0) is 0 Å². The number of nitrogens with one attached hydrogen (secondary N) is 2. The Labute approximate surface area is 144 Å². The molecule has 0 fully saturated rings. The molecule has 3 heterocycles. The molecular formula is C17H10F2N4OS. The summed E-state index contributed by atoms with van der Waals surface area (Å²) in [7, 11) is 0. The van der Waals surface area contributed by atoms with Gasteiger partial charge in [0.1, 0.15) is 33.8 Å². The number of rotatable bonds is 3. The Morgan fingerprint density at radius 3 is 2.60 bits per heavy atom. The van der Waals surface area contributed by atoms with E-state index in [0.717, 1.165) is 11.3 Å². The Morgan fingerprint density at radius 1 is 1.08 bits per heavy atom. The number of H-pyrrole nitrogens is 1. The van der Waals surface area contributed by atoms with Gasteiger partial charge < -0.3 is 10.3 Å². The van der Waals surface area contributed by atoms with Gasteiger partial charge in [0.05, 0.1) is 16.5 Å². The van der Waals surface area contributed by atoms with Gasteiger partial charge in [-0.3, -0.25) is 4.79 Å². The molecule has 0 aliphatic carbocycles. The number of halogens is 2. The normalized spacial score (nSPS) is 11.0. The highest BCUT2D eigenvalue weighted by Gasteiger charge is 2.16. The largest absolute Gasteiger partial charge is 0.326 e. The number of pyridine rings is 2. The first-order valence-electron chi connectivity index (χ1n) is 7.27. The molecular weight excluding hydrogens is 346 g/mol. The quantitative estimate of drug-likeness (QED) is 0.581. The van der Waals surface area contributed by atoms with E-state index in [9.17, 15) is 13.6 Å². The molecule has 3 aromatic heterocycles. The van der Waals surface area contributed by atoms with Gasteiger partial charge in [0.2, 0.25) is 5.56 Å². The van der Waals surface area contributed by atoms with E-state index >= 15 is 0 Å². The van der Waals surface area contributed by atoms with E-state index in [2.05, 4.69) is 20.3 Å². The van der Waals surface area contributed by atoms with E-state index in [1.54, 1.807) is 18.2 Å². The van der Waals surface area contributed by atoms with Crippen molar-refractivity contribution < 1.29 is 8.78 Å². The zero-order chi connectivity index (χ0) is 17.4. The van der Waals surface area contributed by atoms with Crippen LogP contribution in [-0.4, -0.2) is 15.0 Å². The summed E-state index contributed by atoms with van der Waals surface area (Å²) in [5, 5.41) is 3.22. The van der Waals surface area contributed by atoms with Crippen LogP contribution < -0.4 is 10.9 Å². The first-order chi connectivity index (χ1) is 12.1. The summed E-state index contributed by atoms with van der Waals surface area (Å²) in [6.07, 6.45) is 1.51. The van der Waals surface area contributed by atoms with Crippen LogP contribution in [0.4, 0.5) is 20.4 Å². The van der Waals surface area contributed by atoms with Gasteiger partial charge in [-0.25, -0.2) is 18.7 Å². The van der Waals surface area contributed by atoms with Crippen LogP contribution in [0.5, 0.6) is 0 Å². The van der Waals surface area contributed by atoms with Crippen molar-refractivity contribution >= 4 is 33.2 Å². The van der Waals surface area contributed by atoms with E-state index in [0.29, 0.717) is 21.9 Å². The van der Waals surface area contributed by atoms with Crippen molar-refractivity contribution in [1.82, 2.24) is 15.0 Å². The van der Waals surface area contributed by atoms with Gasteiger partial charge in [-0.15, -0.1) is 11.3 Å². The third kappa shape index (κ3) is 2.99. The topological polar surface area (TPSA) is 70.7 Å². The lowest BCUT2D eigenvalue weighted by Crippen LogP contribution is -2.06. The molecule has 25 heavy (non-hydrogen) atoms. The Kier molecular flexibility index (Phi) is 3.73. The van der Waals surface area contributed by atoms with Gasteiger partial charge in [0, 0.05) is 12.1 Å². The van der Waals surface area contributed by atoms with Gasteiger partial charge in [-0.1, -0.05) is 12.1 Å². The molecule has 0 aliphatic rings. The van der Waals surface area contributed by atoms with Crippen molar-refractivity contribution in [3.8, 4) is 10.6 Å². The lowest BCUT2D eigenvalue weighted by molar-refractivity contribution is 0.589. The monoisotopic (exact) mass is 356 g/mol. The smallest absolute Gasteiger partial charge is 0.249 e. The minimum atomic E-state index is -0.660. The molecule has 5 nitrogen and oxygen atoms in total. The predicted octanol–water partition coefficient (Wildman–Crippen LogP) is 4.07. The van der Waals surface area contributed by atoms with Gasteiger partial charge in [0.15, 0.2) is 0 Å². The molecule has 1 aromatic carbocycles. The highest BCUT2D eigenvalue weighted by atomic mass is 32.1. The Morgan fingerprint density at radius 2 is 1.84 bits per heavy atom. The molecule has 2 N–H and O–H groups in total. The third-order valence-electron chi connectivity index (χ3n) is 3.48. The van der Waals surface area contributed by atoms with Crippen LogP contribution in [0, 0.1) is 11.6 Å². The number of aromatic nitrogens is 3. The number of hydrogen-bond donors (Lipinski definition) is 2. The van der Waals surface area contributed by atoms with Crippen LogP contribution in [0.3, 0.4) is 0 Å². The number of fused-ring (bicyclic) bond motifs is 1. The Bertz CT molecular complexity index is 1120. The lowest BCUT2D eigenvalue weighted by Gasteiger charge is -2.04. The molecule has 0 unspecified atom stereocenters. The third-order valence-corrected chi connectivity index (χ3v) is 4.52. The summed E-state index contributed by atoms with van der Waals surface area (Å²) in [4.78, 5) is 22.4. The summed E-state index contributed by atoms with van der Waals surface area (Å²) in [6, 6.07) is 10.1. The number of hydrogen-bond acceptors (Lipinski definition) is 5. The summed E-state index contributed by atoms with van der Waals surface area (Å²) >= 11 is 1.16. The van der Waals surface area contributed by atoms with E-state index in [1.165, 1.54) is 30.5 Å². The molecule has 0 saturated heterocycles. The number of aromatic amines is 1. The molecule has 0 atom stereocenters. The van der Waals surface area contributed by atoms with Crippen LogP contribution in [0.25, 0.3) is 20.8 Å². The zero-order valence-corrected chi connectivity index (χ0v) is 13.4. The summed E-state index contributed by atoms with van der Waals surface area (Å²) in [5.74, 6) is -0.345. The summed E-state index contributed by atoms with van der Waals surface area (Å²) in [5.41, 5.74) is 0.154. The minimum Gasteiger partial charge on any atom is -0.326 e. The van der Waals surface area contributed by atoms with E-state index < -0.39 is 11.6 Å². The molecule has 4 aromatic rings. The standard InChI is InChI=1S/C17H10F2N4OS/c18-9-3-1-4-10(19)16(9)17-21-11-8-20-14(7-12(11)25-17)22-13-5-2-6-15(24)23-13/h1-8H,(H2,20,22,23,24). The molecule has 124 valence electrons. The number of thiazole rings is 1. The maximum atomic E-state index is 13.9. The van der Waals surface area contributed by atoms with Gasteiger partial charge >= 0.3 is 0 Å². The van der Waals surface area contributed by atoms with Crippen LogP contribution >= 0.6 is 11.3 Å². The van der Waals surface area contributed by atoms with E-state index in [4.69, 9.17) is 0 Å². The summed E-state index contributed by atoms with van der Waals surface area (Å²) in [6.45, 7) is 0. The van der Waals surface area contributed by atoms with Crippen LogP contribution in [0.1, 0.15) is 0 Å². The molecule has 0 bridgehead atoms. The SMILES string of the molecule is O=c1cccc(Nc2cc3sc(-c4c(F)cccc4F)nc3cn2)[nH]1. The fraction of sp³-hybridized carbons (Fsp3) is 0. The second-order valence-corrected chi connectivity index (χ2v) is 6.24. The molecule has 0 amide bonds. The highest BCUT2D eigenvalue weighted by Crippen LogP contribution is 2.34. The molecule has 0 spiro atoms. The second kappa shape index (κ2) is 6.06. The van der Waals surface area contributed by atoms with E-state index in [-0.39, 0.29) is 16.1 Å². The average Bonchev–Trinajstić information content (AvgIpc) is 2.97. The number of nitrogens with zero attached hydrogens (tertiary/aromatic N) is 2. The molecule has 4 rings (SSSR count). The zero-order valence-electron chi connectivity index (χ0n) is 12.6. The maximum absolute atomic E-state index is 13.9. The van der Waals surface area contributed by atoms with Crippen molar-refractivity contribution in [2.24, 2.45) is 0 Å². The van der Waals surface area contributed by atoms with Crippen molar-refractivity contribution in [3.63, 3.8) is 0 Å². The number of anilines is 2. The molecule has 8 heteroatoms. The number of benzene rings is 1. The second-order valence-electron chi connectivity index (χ2n) is 5.21. The fourth-order valence-corrected chi connectivity index (χ4v) is 3.39. The van der Waals surface area contributed by atoms with Crippen molar-refractivity contribution in [1.29, 1.82) is 0 Å². The van der Waals surface area contributed by atoms with Crippen molar-refractivity contribution in [2.45, 2.75) is 0 Å². The molecule has 0 radical (unpaired) electrons. The summed E-state index contributed by atoms with van der Waals surface area (Å²) < 4.78 is 28.6. The lowest BCUT2D eigenvalue weighted by atomic mass is 10.2. The average molecular weight is 356 g/mol.